The van der Waals surface area contributed by atoms with E-state index in [4.69, 9.17) is 16.3 Å². The maximum absolute atomic E-state index is 12.9. The standard InChI is InChI=1S/C24H24ClNO2S/c25-21-6-8-22(9-7-21)28-16-20-15-23(29-17-20)24(27)26-12-10-19(11-13-26)14-18-4-2-1-3-5-18/h1-9,15,17,19H,10-14,16H2. The molecule has 0 saturated carbocycles. The van der Waals surface area contributed by atoms with Gasteiger partial charge in [-0.2, -0.15) is 0 Å². The molecule has 2 heterocycles. The highest BCUT2D eigenvalue weighted by Gasteiger charge is 2.24. The number of hydrogen-bond acceptors (Lipinski definition) is 3. The Kier molecular flexibility index (Phi) is 6.53. The van der Waals surface area contributed by atoms with E-state index in [-0.39, 0.29) is 5.91 Å². The van der Waals surface area contributed by atoms with Gasteiger partial charge in [-0.15, -0.1) is 11.3 Å². The molecular weight excluding hydrogens is 402 g/mol. The monoisotopic (exact) mass is 425 g/mol. The molecule has 3 aromatic rings. The lowest BCUT2D eigenvalue weighted by atomic mass is 9.90. The van der Waals surface area contributed by atoms with E-state index in [0.29, 0.717) is 17.5 Å². The summed E-state index contributed by atoms with van der Waals surface area (Å²) in [5.41, 5.74) is 2.41. The van der Waals surface area contributed by atoms with E-state index in [1.807, 2.05) is 28.5 Å². The number of amides is 1. The lowest BCUT2D eigenvalue weighted by Crippen LogP contribution is -2.38. The van der Waals surface area contributed by atoms with Crippen LogP contribution in [0.4, 0.5) is 0 Å². The van der Waals surface area contributed by atoms with Gasteiger partial charge >= 0.3 is 0 Å². The molecule has 2 aromatic carbocycles. The molecule has 0 unspecified atom stereocenters. The van der Waals surface area contributed by atoms with Gasteiger partial charge in [0.2, 0.25) is 0 Å². The Hall–Kier alpha value is -2.30. The van der Waals surface area contributed by atoms with E-state index in [2.05, 4.69) is 30.3 Å². The van der Waals surface area contributed by atoms with Gasteiger partial charge in [-0.05, 0) is 66.5 Å². The molecule has 1 fully saturated rings. The van der Waals surface area contributed by atoms with Crippen LogP contribution >= 0.6 is 22.9 Å². The summed E-state index contributed by atoms with van der Waals surface area (Å²) in [6.07, 6.45) is 3.24. The second-order valence-corrected chi connectivity index (χ2v) is 8.83. The van der Waals surface area contributed by atoms with Gasteiger partial charge in [0.1, 0.15) is 12.4 Å². The molecule has 4 rings (SSSR count). The van der Waals surface area contributed by atoms with E-state index >= 15 is 0 Å². The Morgan fingerprint density at radius 2 is 1.76 bits per heavy atom. The third-order valence-corrected chi connectivity index (χ3v) is 6.57. The molecular formula is C24H24ClNO2S. The molecule has 1 saturated heterocycles. The van der Waals surface area contributed by atoms with Crippen LogP contribution in [0.15, 0.2) is 66.0 Å². The van der Waals surface area contributed by atoms with Gasteiger partial charge in [-0.25, -0.2) is 0 Å². The SMILES string of the molecule is O=C(c1cc(COc2ccc(Cl)cc2)cs1)N1CCC(Cc2ccccc2)CC1. The lowest BCUT2D eigenvalue weighted by Gasteiger charge is -2.31. The average molecular weight is 426 g/mol. The van der Waals surface area contributed by atoms with Crippen molar-refractivity contribution in [3.63, 3.8) is 0 Å². The zero-order chi connectivity index (χ0) is 20.1. The predicted molar refractivity (Wildman–Crippen MR) is 119 cm³/mol. The van der Waals surface area contributed by atoms with Gasteiger partial charge in [-0.1, -0.05) is 41.9 Å². The Labute approximate surface area is 180 Å². The number of nitrogens with zero attached hydrogens (tertiary/aromatic N) is 1. The van der Waals surface area contributed by atoms with Gasteiger partial charge in [0.05, 0.1) is 4.88 Å². The zero-order valence-corrected chi connectivity index (χ0v) is 17.8. The van der Waals surface area contributed by atoms with Gasteiger partial charge < -0.3 is 9.64 Å². The molecule has 1 aliphatic rings. The second-order valence-electron chi connectivity index (χ2n) is 7.49. The lowest BCUT2D eigenvalue weighted by molar-refractivity contribution is 0.0695. The highest BCUT2D eigenvalue weighted by atomic mass is 35.5. The second kappa shape index (κ2) is 9.47. The van der Waals surface area contributed by atoms with E-state index in [1.165, 1.54) is 16.9 Å². The summed E-state index contributed by atoms with van der Waals surface area (Å²) in [6.45, 7) is 2.13. The van der Waals surface area contributed by atoms with E-state index < -0.39 is 0 Å². The van der Waals surface area contributed by atoms with Crippen molar-refractivity contribution in [1.82, 2.24) is 4.90 Å². The Balaban J connectivity index is 1.27. The highest BCUT2D eigenvalue weighted by Crippen LogP contribution is 2.25. The number of piperidine rings is 1. The van der Waals surface area contributed by atoms with Crippen LogP contribution in [0.2, 0.25) is 5.02 Å². The van der Waals surface area contributed by atoms with Gasteiger partial charge in [0.15, 0.2) is 0 Å². The van der Waals surface area contributed by atoms with Crippen molar-refractivity contribution >= 4 is 28.8 Å². The van der Waals surface area contributed by atoms with Crippen LogP contribution in [-0.4, -0.2) is 23.9 Å². The molecule has 29 heavy (non-hydrogen) atoms. The number of carbonyl (C=O) groups excluding carboxylic acids is 1. The molecule has 0 radical (unpaired) electrons. The minimum absolute atomic E-state index is 0.144. The molecule has 0 aliphatic carbocycles. The molecule has 5 heteroatoms. The fourth-order valence-corrected chi connectivity index (χ4v) is 4.69. The van der Waals surface area contributed by atoms with E-state index in [0.717, 1.165) is 48.5 Å². The summed E-state index contributed by atoms with van der Waals surface area (Å²) in [4.78, 5) is 15.7. The number of rotatable bonds is 6. The van der Waals surface area contributed by atoms with Gasteiger partial charge in [0.25, 0.3) is 5.91 Å². The fourth-order valence-electron chi connectivity index (χ4n) is 3.70. The minimum atomic E-state index is 0.144. The predicted octanol–water partition coefficient (Wildman–Crippen LogP) is 6.08. The minimum Gasteiger partial charge on any atom is -0.489 e. The molecule has 1 aromatic heterocycles. The van der Waals surface area contributed by atoms with Crippen LogP contribution < -0.4 is 4.74 Å². The number of carbonyl (C=O) groups is 1. The molecule has 0 atom stereocenters. The molecule has 0 N–H and O–H groups in total. The van der Waals surface area contributed by atoms with Crippen LogP contribution in [0.5, 0.6) is 5.75 Å². The molecule has 1 amide bonds. The number of ether oxygens (including phenoxy) is 1. The van der Waals surface area contributed by atoms with Crippen molar-refractivity contribution in [3.8, 4) is 5.75 Å². The van der Waals surface area contributed by atoms with Crippen LogP contribution in [0.3, 0.4) is 0 Å². The zero-order valence-electron chi connectivity index (χ0n) is 16.2. The first-order valence-corrected chi connectivity index (χ1v) is 11.2. The summed E-state index contributed by atoms with van der Waals surface area (Å²) in [7, 11) is 0. The van der Waals surface area contributed by atoms with E-state index in [9.17, 15) is 4.79 Å². The summed E-state index contributed by atoms with van der Waals surface area (Å²) in [5, 5.41) is 2.69. The van der Waals surface area contributed by atoms with Crippen molar-refractivity contribution in [2.75, 3.05) is 13.1 Å². The fraction of sp³-hybridized carbons (Fsp3) is 0.292. The van der Waals surface area contributed by atoms with E-state index in [1.54, 1.807) is 12.1 Å². The maximum Gasteiger partial charge on any atom is 0.263 e. The van der Waals surface area contributed by atoms with Gasteiger partial charge in [-0.3, -0.25) is 4.79 Å². The van der Waals surface area contributed by atoms with Crippen molar-refractivity contribution in [2.24, 2.45) is 5.92 Å². The smallest absolute Gasteiger partial charge is 0.263 e. The van der Waals surface area contributed by atoms with Crippen LogP contribution in [0.25, 0.3) is 0 Å². The maximum atomic E-state index is 12.9. The summed E-state index contributed by atoms with van der Waals surface area (Å²) >= 11 is 7.39. The van der Waals surface area contributed by atoms with Crippen LogP contribution in [0.1, 0.15) is 33.6 Å². The Morgan fingerprint density at radius 3 is 2.48 bits per heavy atom. The normalized spacial score (nSPS) is 14.7. The Bertz CT molecular complexity index is 931. The van der Waals surface area contributed by atoms with Gasteiger partial charge in [0, 0.05) is 23.7 Å². The number of likely N-dealkylation sites (tertiary alicyclic amines) is 1. The van der Waals surface area contributed by atoms with Crippen molar-refractivity contribution < 1.29 is 9.53 Å². The van der Waals surface area contributed by atoms with Crippen LogP contribution in [-0.2, 0) is 13.0 Å². The molecule has 3 nitrogen and oxygen atoms in total. The molecule has 1 aliphatic heterocycles. The van der Waals surface area contributed by atoms with Crippen molar-refractivity contribution in [3.05, 3.63) is 87.1 Å². The highest BCUT2D eigenvalue weighted by molar-refractivity contribution is 7.12. The van der Waals surface area contributed by atoms with Crippen molar-refractivity contribution in [2.45, 2.75) is 25.9 Å². The number of hydrogen-bond donors (Lipinski definition) is 0. The quantitative estimate of drug-likeness (QED) is 0.479. The largest absolute Gasteiger partial charge is 0.489 e. The number of thiophene rings is 1. The molecule has 0 bridgehead atoms. The third-order valence-electron chi connectivity index (χ3n) is 5.35. The Morgan fingerprint density at radius 1 is 1.03 bits per heavy atom. The summed E-state index contributed by atoms with van der Waals surface area (Å²) < 4.78 is 5.78. The molecule has 0 spiro atoms. The topological polar surface area (TPSA) is 29.5 Å². The summed E-state index contributed by atoms with van der Waals surface area (Å²) in [5.74, 6) is 1.58. The summed E-state index contributed by atoms with van der Waals surface area (Å²) in [6, 6.07) is 19.9. The molecule has 150 valence electrons. The third kappa shape index (κ3) is 5.40. The van der Waals surface area contributed by atoms with Crippen molar-refractivity contribution in [1.29, 1.82) is 0 Å². The number of halogens is 1. The number of benzene rings is 2. The van der Waals surface area contributed by atoms with Crippen LogP contribution in [0, 0.1) is 5.92 Å². The first kappa shape index (κ1) is 20.0. The first-order chi connectivity index (χ1) is 14.2. The first-order valence-electron chi connectivity index (χ1n) is 9.96. The average Bonchev–Trinajstić information content (AvgIpc) is 3.23.